The van der Waals surface area contributed by atoms with Crippen molar-refractivity contribution >= 4 is 11.3 Å². The Morgan fingerprint density at radius 1 is 1.43 bits per heavy atom. The van der Waals surface area contributed by atoms with Crippen LogP contribution >= 0.6 is 11.3 Å². The quantitative estimate of drug-likeness (QED) is 0.823. The van der Waals surface area contributed by atoms with Crippen LogP contribution in [-0.2, 0) is 6.54 Å². The van der Waals surface area contributed by atoms with E-state index < -0.39 is 0 Å². The average Bonchev–Trinajstić information content (AvgIpc) is 2.71. The summed E-state index contributed by atoms with van der Waals surface area (Å²) in [6.07, 6.45) is 1.66. The highest BCUT2D eigenvalue weighted by Gasteiger charge is 2.09. The van der Waals surface area contributed by atoms with Gasteiger partial charge in [-0.1, -0.05) is 12.1 Å². The molecular weight excluding hydrogens is 199 g/mol. The number of hydrogen-bond acceptors (Lipinski definition) is 3. The van der Waals surface area contributed by atoms with Crippen molar-refractivity contribution in [1.82, 2.24) is 4.98 Å². The van der Waals surface area contributed by atoms with Crippen LogP contribution in [0.15, 0.2) is 29.8 Å². The lowest BCUT2D eigenvalue weighted by Gasteiger charge is -2.03. The summed E-state index contributed by atoms with van der Waals surface area (Å²) in [5.74, 6) is -0.259. The largest absolute Gasteiger partial charge is 0.326 e. The maximum atomic E-state index is 13.7. The Bertz CT molecular complexity index is 426. The van der Waals surface area contributed by atoms with E-state index in [-0.39, 0.29) is 12.4 Å². The lowest BCUT2D eigenvalue weighted by molar-refractivity contribution is 0.614. The molecule has 14 heavy (non-hydrogen) atoms. The van der Waals surface area contributed by atoms with Crippen LogP contribution in [0.4, 0.5) is 4.39 Å². The second-order valence-corrected chi connectivity index (χ2v) is 3.71. The second kappa shape index (κ2) is 3.86. The third-order valence-corrected chi connectivity index (χ3v) is 2.77. The van der Waals surface area contributed by atoms with E-state index in [1.54, 1.807) is 24.4 Å². The number of rotatable bonds is 2. The van der Waals surface area contributed by atoms with Crippen LogP contribution in [0.3, 0.4) is 0 Å². The van der Waals surface area contributed by atoms with Gasteiger partial charge < -0.3 is 5.73 Å². The Hall–Kier alpha value is -1.26. The Balaban J connectivity index is 2.54. The topological polar surface area (TPSA) is 38.9 Å². The number of benzene rings is 1. The molecule has 1 aromatic heterocycles. The van der Waals surface area contributed by atoms with Gasteiger partial charge in [-0.25, -0.2) is 9.37 Å². The molecule has 0 saturated carbocycles. The third kappa shape index (κ3) is 1.54. The number of hydrogen-bond donors (Lipinski definition) is 1. The molecule has 1 aromatic carbocycles. The molecule has 2 rings (SSSR count). The summed E-state index contributed by atoms with van der Waals surface area (Å²) in [4.78, 5) is 4.06. The predicted molar refractivity (Wildman–Crippen MR) is 55.4 cm³/mol. The molecule has 0 fully saturated rings. The van der Waals surface area contributed by atoms with E-state index in [0.717, 1.165) is 0 Å². The third-order valence-electron chi connectivity index (χ3n) is 1.96. The first-order valence-electron chi connectivity index (χ1n) is 4.20. The summed E-state index contributed by atoms with van der Waals surface area (Å²) >= 11 is 1.42. The molecule has 0 bridgehead atoms. The Morgan fingerprint density at radius 2 is 2.29 bits per heavy atom. The van der Waals surface area contributed by atoms with Gasteiger partial charge in [-0.3, -0.25) is 0 Å². The first-order chi connectivity index (χ1) is 6.83. The number of halogens is 1. The average molecular weight is 208 g/mol. The second-order valence-electron chi connectivity index (χ2n) is 2.82. The van der Waals surface area contributed by atoms with Crippen LogP contribution in [0, 0.1) is 5.82 Å². The molecule has 72 valence electrons. The lowest BCUT2D eigenvalue weighted by atomic mass is 10.1. The minimum Gasteiger partial charge on any atom is -0.326 e. The normalized spacial score (nSPS) is 10.4. The van der Waals surface area contributed by atoms with E-state index in [0.29, 0.717) is 16.1 Å². The summed E-state index contributed by atoms with van der Waals surface area (Å²) in [6, 6.07) is 5.20. The van der Waals surface area contributed by atoms with E-state index in [1.807, 2.05) is 5.38 Å². The van der Waals surface area contributed by atoms with Crippen molar-refractivity contribution in [2.45, 2.75) is 6.54 Å². The smallest absolute Gasteiger partial charge is 0.137 e. The van der Waals surface area contributed by atoms with Crippen molar-refractivity contribution < 1.29 is 4.39 Å². The van der Waals surface area contributed by atoms with Crippen molar-refractivity contribution in [2.24, 2.45) is 5.73 Å². The van der Waals surface area contributed by atoms with Gasteiger partial charge in [-0.05, 0) is 6.07 Å². The van der Waals surface area contributed by atoms with Crippen molar-refractivity contribution in [1.29, 1.82) is 0 Å². The molecule has 0 aliphatic carbocycles. The molecule has 2 aromatic rings. The fourth-order valence-corrected chi connectivity index (χ4v) is 1.92. The Labute approximate surface area is 85.2 Å². The molecule has 0 aliphatic rings. The summed E-state index contributed by atoms with van der Waals surface area (Å²) in [5.41, 5.74) is 6.47. The van der Waals surface area contributed by atoms with E-state index in [4.69, 9.17) is 5.73 Å². The van der Waals surface area contributed by atoms with Crippen LogP contribution < -0.4 is 5.73 Å². The molecule has 0 saturated heterocycles. The van der Waals surface area contributed by atoms with E-state index >= 15 is 0 Å². The van der Waals surface area contributed by atoms with Gasteiger partial charge >= 0.3 is 0 Å². The molecule has 1 heterocycles. The molecule has 4 heteroatoms. The van der Waals surface area contributed by atoms with Crippen LogP contribution in [0.1, 0.15) is 5.56 Å². The zero-order valence-corrected chi connectivity index (χ0v) is 8.22. The Kier molecular flexibility index (Phi) is 2.56. The molecule has 0 unspecified atom stereocenters. The molecule has 2 N–H and O–H groups in total. The molecule has 2 nitrogen and oxygen atoms in total. The summed E-state index contributed by atoms with van der Waals surface area (Å²) < 4.78 is 13.7. The molecule has 0 amide bonds. The van der Waals surface area contributed by atoms with Crippen molar-refractivity contribution in [3.63, 3.8) is 0 Å². The predicted octanol–water partition coefficient (Wildman–Crippen LogP) is 2.41. The fraction of sp³-hybridized carbons (Fsp3) is 0.100. The van der Waals surface area contributed by atoms with Crippen LogP contribution in [-0.4, -0.2) is 4.98 Å². The minimum atomic E-state index is -0.259. The Morgan fingerprint density at radius 3 is 2.93 bits per heavy atom. The van der Waals surface area contributed by atoms with Gasteiger partial charge in [0.2, 0.25) is 0 Å². The first kappa shape index (κ1) is 9.30. The first-order valence-corrected chi connectivity index (χ1v) is 5.08. The highest BCUT2D eigenvalue weighted by Crippen LogP contribution is 2.26. The zero-order chi connectivity index (χ0) is 9.97. The van der Waals surface area contributed by atoms with Crippen LogP contribution in [0.25, 0.3) is 10.6 Å². The highest BCUT2D eigenvalue weighted by molar-refractivity contribution is 7.13. The number of nitrogens with two attached hydrogens (primary N) is 1. The van der Waals surface area contributed by atoms with Gasteiger partial charge in [0.1, 0.15) is 10.8 Å². The molecule has 0 atom stereocenters. The van der Waals surface area contributed by atoms with E-state index in [9.17, 15) is 4.39 Å². The van der Waals surface area contributed by atoms with Gasteiger partial charge in [-0.15, -0.1) is 11.3 Å². The lowest BCUT2D eigenvalue weighted by Crippen LogP contribution is -2.00. The molecule has 0 radical (unpaired) electrons. The number of nitrogens with zero attached hydrogens (tertiary/aromatic N) is 1. The van der Waals surface area contributed by atoms with Gasteiger partial charge in [-0.2, -0.15) is 0 Å². The van der Waals surface area contributed by atoms with Gasteiger partial charge in [0.05, 0.1) is 0 Å². The molecule has 0 spiro atoms. The maximum Gasteiger partial charge on any atom is 0.137 e. The summed E-state index contributed by atoms with van der Waals surface area (Å²) in [6.45, 7) is 0.213. The highest BCUT2D eigenvalue weighted by atomic mass is 32.1. The maximum absolute atomic E-state index is 13.7. The zero-order valence-electron chi connectivity index (χ0n) is 7.40. The molecule has 0 aliphatic heterocycles. The van der Waals surface area contributed by atoms with Crippen molar-refractivity contribution in [2.75, 3.05) is 0 Å². The number of aromatic nitrogens is 1. The molecular formula is C10H9FN2S. The standard InChI is InChI=1S/C10H9FN2S/c11-9-7(6-12)2-1-3-8(9)10-13-4-5-14-10/h1-5H,6,12H2. The minimum absolute atomic E-state index is 0.213. The van der Waals surface area contributed by atoms with E-state index in [2.05, 4.69) is 4.98 Å². The van der Waals surface area contributed by atoms with Crippen molar-refractivity contribution in [3.05, 3.63) is 41.2 Å². The van der Waals surface area contributed by atoms with E-state index in [1.165, 1.54) is 11.3 Å². The van der Waals surface area contributed by atoms with Gasteiger partial charge in [0, 0.05) is 29.2 Å². The summed E-state index contributed by atoms with van der Waals surface area (Å²) in [7, 11) is 0. The number of thiazole rings is 1. The summed E-state index contributed by atoms with van der Waals surface area (Å²) in [5, 5.41) is 2.52. The SMILES string of the molecule is NCc1cccc(-c2nccs2)c1F. The monoisotopic (exact) mass is 208 g/mol. The van der Waals surface area contributed by atoms with Crippen LogP contribution in [0.5, 0.6) is 0 Å². The van der Waals surface area contributed by atoms with Gasteiger partial charge in [0.15, 0.2) is 0 Å². The van der Waals surface area contributed by atoms with Crippen LogP contribution in [0.2, 0.25) is 0 Å². The fourth-order valence-electron chi connectivity index (χ4n) is 1.26. The van der Waals surface area contributed by atoms with Crippen molar-refractivity contribution in [3.8, 4) is 10.6 Å². The van der Waals surface area contributed by atoms with Gasteiger partial charge in [0.25, 0.3) is 0 Å².